The van der Waals surface area contributed by atoms with Gasteiger partial charge in [0, 0.05) is 0 Å². The Morgan fingerprint density at radius 3 is 1.54 bits per heavy atom. The molecule has 1 aliphatic rings. The van der Waals surface area contributed by atoms with Crippen LogP contribution in [0.25, 0.3) is 0 Å². The predicted octanol–water partition coefficient (Wildman–Crippen LogP) is -0.520. The summed E-state index contributed by atoms with van der Waals surface area (Å²) in [5.74, 6) is -5.34. The van der Waals surface area contributed by atoms with Crippen LogP contribution in [-0.4, -0.2) is 23.5 Å². The van der Waals surface area contributed by atoms with Crippen molar-refractivity contribution in [2.45, 2.75) is 13.8 Å². The van der Waals surface area contributed by atoms with Crippen molar-refractivity contribution in [3.05, 3.63) is 0 Å². The molecule has 0 spiro atoms. The maximum Gasteiger partial charge on any atom is 0.325 e. The highest BCUT2D eigenvalue weighted by Crippen LogP contribution is 2.25. The van der Waals surface area contributed by atoms with Crippen molar-refractivity contribution in [3.63, 3.8) is 0 Å². The van der Waals surface area contributed by atoms with Crippen LogP contribution < -0.4 is 0 Å². The molecule has 1 saturated heterocycles. The van der Waals surface area contributed by atoms with E-state index in [9.17, 15) is 19.2 Å². The lowest BCUT2D eigenvalue weighted by Crippen LogP contribution is -2.29. The van der Waals surface area contributed by atoms with E-state index in [0.29, 0.717) is 0 Å². The summed E-state index contributed by atoms with van der Waals surface area (Å²) in [4.78, 5) is 43.7. The van der Waals surface area contributed by atoms with E-state index < -0.39 is 35.3 Å². The number of rotatable bonds is 2. The van der Waals surface area contributed by atoms with Gasteiger partial charge in [0.05, 0.1) is 0 Å². The van der Waals surface area contributed by atoms with Crippen LogP contribution in [0.4, 0.5) is 0 Å². The molecule has 70 valence electrons. The van der Waals surface area contributed by atoms with E-state index >= 15 is 0 Å². The Bertz CT molecular complexity index is 274. The topological polar surface area (TPSA) is 77.5 Å². The number of Topliss-reactive ketones (excluding diaryl/α,β-unsaturated/α-hetero) is 2. The van der Waals surface area contributed by atoms with Gasteiger partial charge in [-0.3, -0.25) is 19.2 Å². The molecular weight excluding hydrogens is 176 g/mol. The van der Waals surface area contributed by atoms with Crippen molar-refractivity contribution in [3.8, 4) is 0 Å². The minimum atomic E-state index is -1.23. The van der Waals surface area contributed by atoms with Crippen LogP contribution in [0, 0.1) is 11.8 Å². The monoisotopic (exact) mass is 184 g/mol. The number of hydrogen-bond donors (Lipinski definition) is 0. The van der Waals surface area contributed by atoms with E-state index in [2.05, 4.69) is 4.74 Å². The summed E-state index contributed by atoms with van der Waals surface area (Å²) < 4.78 is 4.19. The normalized spacial score (nSPS) is 27.2. The van der Waals surface area contributed by atoms with Gasteiger partial charge < -0.3 is 4.74 Å². The van der Waals surface area contributed by atoms with Crippen molar-refractivity contribution >= 4 is 23.5 Å². The number of esters is 2. The predicted molar refractivity (Wildman–Crippen MR) is 39.4 cm³/mol. The first-order valence-electron chi connectivity index (χ1n) is 3.71. The van der Waals surface area contributed by atoms with Gasteiger partial charge >= 0.3 is 11.9 Å². The Kier molecular flexibility index (Phi) is 2.27. The van der Waals surface area contributed by atoms with Crippen LogP contribution in [0.5, 0.6) is 0 Å². The molecule has 1 aliphatic heterocycles. The second-order valence-corrected chi connectivity index (χ2v) is 2.92. The highest BCUT2D eigenvalue weighted by molar-refractivity contribution is 6.17. The lowest BCUT2D eigenvalue weighted by molar-refractivity contribution is -0.154. The summed E-state index contributed by atoms with van der Waals surface area (Å²) in [5.41, 5.74) is 0. The first-order valence-corrected chi connectivity index (χ1v) is 3.71. The third-order valence-corrected chi connectivity index (χ3v) is 1.92. The Balaban J connectivity index is 3.03. The summed E-state index contributed by atoms with van der Waals surface area (Å²) in [6.45, 7) is 2.31. The van der Waals surface area contributed by atoms with E-state index in [-0.39, 0.29) is 0 Å². The quantitative estimate of drug-likeness (QED) is 0.426. The van der Waals surface area contributed by atoms with Gasteiger partial charge in [-0.2, -0.15) is 0 Å². The summed E-state index contributed by atoms with van der Waals surface area (Å²) in [5, 5.41) is 0. The molecule has 1 fully saturated rings. The zero-order chi connectivity index (χ0) is 10.2. The molecule has 2 atom stereocenters. The molecule has 0 N–H and O–H groups in total. The van der Waals surface area contributed by atoms with Crippen molar-refractivity contribution in [1.29, 1.82) is 0 Å². The van der Waals surface area contributed by atoms with Crippen molar-refractivity contribution in [2.24, 2.45) is 11.8 Å². The number of carbonyl (C=O) groups excluding carboxylic acids is 4. The van der Waals surface area contributed by atoms with E-state index in [1.807, 2.05) is 0 Å². The minimum Gasteiger partial charge on any atom is -0.392 e. The summed E-state index contributed by atoms with van der Waals surface area (Å²) in [7, 11) is 0. The van der Waals surface area contributed by atoms with Crippen molar-refractivity contribution in [1.82, 2.24) is 0 Å². The van der Waals surface area contributed by atoms with Gasteiger partial charge in [-0.25, -0.2) is 0 Å². The molecule has 0 radical (unpaired) electrons. The Hall–Kier alpha value is -1.52. The molecule has 0 bridgehead atoms. The average Bonchev–Trinajstić information content (AvgIpc) is 2.24. The molecule has 0 aromatic carbocycles. The number of carbonyl (C=O) groups is 4. The standard InChI is InChI=1S/C8H8O5/c1-3(9)5-6(4(2)10)8(12)13-7(5)11/h5-6H,1-2H3/t5-,6+. The molecule has 0 amide bonds. The second-order valence-electron chi connectivity index (χ2n) is 2.92. The maximum absolute atomic E-state index is 10.9. The fourth-order valence-corrected chi connectivity index (χ4v) is 1.30. The molecule has 0 unspecified atom stereocenters. The van der Waals surface area contributed by atoms with Gasteiger partial charge in [0.2, 0.25) is 0 Å². The van der Waals surface area contributed by atoms with Crippen LogP contribution in [-0.2, 0) is 23.9 Å². The van der Waals surface area contributed by atoms with Gasteiger partial charge in [-0.15, -0.1) is 0 Å². The largest absolute Gasteiger partial charge is 0.392 e. The Morgan fingerprint density at radius 2 is 1.31 bits per heavy atom. The fraction of sp³-hybridized carbons (Fsp3) is 0.500. The van der Waals surface area contributed by atoms with Crippen LogP contribution in [0.1, 0.15) is 13.8 Å². The van der Waals surface area contributed by atoms with Crippen molar-refractivity contribution in [2.75, 3.05) is 0 Å². The van der Waals surface area contributed by atoms with E-state index in [1.54, 1.807) is 0 Å². The molecule has 5 heteroatoms. The molecule has 13 heavy (non-hydrogen) atoms. The van der Waals surface area contributed by atoms with Crippen LogP contribution in [0.2, 0.25) is 0 Å². The zero-order valence-corrected chi connectivity index (χ0v) is 7.20. The summed E-state index contributed by atoms with van der Waals surface area (Å²) in [6, 6.07) is 0. The molecule has 1 rings (SSSR count). The van der Waals surface area contributed by atoms with E-state index in [0.717, 1.165) is 13.8 Å². The van der Waals surface area contributed by atoms with Crippen LogP contribution >= 0.6 is 0 Å². The van der Waals surface area contributed by atoms with Gasteiger partial charge in [0.1, 0.15) is 23.4 Å². The fourth-order valence-electron chi connectivity index (χ4n) is 1.30. The molecular formula is C8H8O5. The second kappa shape index (κ2) is 3.08. The minimum absolute atomic E-state index is 0.518. The average molecular weight is 184 g/mol. The summed E-state index contributed by atoms with van der Waals surface area (Å²) in [6.07, 6.45) is 0. The lowest BCUT2D eigenvalue weighted by Gasteiger charge is -2.05. The number of cyclic esters (lactones) is 2. The molecule has 0 aliphatic carbocycles. The van der Waals surface area contributed by atoms with Crippen LogP contribution in [0.3, 0.4) is 0 Å². The zero-order valence-electron chi connectivity index (χ0n) is 7.20. The number of ketones is 2. The third-order valence-electron chi connectivity index (χ3n) is 1.92. The maximum atomic E-state index is 10.9. The van der Waals surface area contributed by atoms with Crippen molar-refractivity contribution < 1.29 is 23.9 Å². The first-order chi connectivity index (χ1) is 5.95. The molecule has 0 saturated carbocycles. The van der Waals surface area contributed by atoms with E-state index in [1.165, 1.54) is 0 Å². The van der Waals surface area contributed by atoms with Gasteiger partial charge in [0.15, 0.2) is 0 Å². The first kappa shape index (κ1) is 9.57. The molecule has 0 aromatic heterocycles. The highest BCUT2D eigenvalue weighted by Gasteiger charge is 2.49. The Morgan fingerprint density at radius 1 is 1.00 bits per heavy atom. The Labute approximate surface area is 74.0 Å². The number of hydrogen-bond acceptors (Lipinski definition) is 5. The van der Waals surface area contributed by atoms with Gasteiger partial charge in [0.25, 0.3) is 0 Å². The highest BCUT2D eigenvalue weighted by atomic mass is 16.6. The lowest BCUT2D eigenvalue weighted by atomic mass is 9.89. The number of ether oxygens (including phenoxy) is 1. The van der Waals surface area contributed by atoms with E-state index in [4.69, 9.17) is 0 Å². The van der Waals surface area contributed by atoms with Gasteiger partial charge in [-0.1, -0.05) is 0 Å². The third kappa shape index (κ3) is 1.49. The summed E-state index contributed by atoms with van der Waals surface area (Å²) >= 11 is 0. The van der Waals surface area contributed by atoms with Crippen LogP contribution in [0.15, 0.2) is 0 Å². The molecule has 1 heterocycles. The van der Waals surface area contributed by atoms with Gasteiger partial charge in [-0.05, 0) is 13.8 Å². The SMILES string of the molecule is CC(=O)[C@@H]1C(=O)OC(=O)[C@@H]1C(C)=O. The smallest absolute Gasteiger partial charge is 0.325 e. The molecule has 0 aromatic rings. The molecule has 5 nitrogen and oxygen atoms in total.